The zero-order valence-electron chi connectivity index (χ0n) is 10.0. The first-order valence-corrected chi connectivity index (χ1v) is 6.54. The molecule has 1 aliphatic rings. The number of benzene rings is 1. The Labute approximate surface area is 110 Å². The molecule has 3 nitrogen and oxygen atoms in total. The maximum Gasteiger partial charge on any atom is 0.125 e. The molecule has 0 aliphatic carbocycles. The van der Waals surface area contributed by atoms with Crippen LogP contribution in [0.15, 0.2) is 22.7 Å². The Morgan fingerprint density at radius 1 is 1.59 bits per heavy atom. The summed E-state index contributed by atoms with van der Waals surface area (Å²) in [7, 11) is 1.68. The lowest BCUT2D eigenvalue weighted by Crippen LogP contribution is -2.33. The number of aliphatic hydroxyl groups is 1. The van der Waals surface area contributed by atoms with Crippen molar-refractivity contribution in [1.29, 1.82) is 0 Å². The molecule has 0 radical (unpaired) electrons. The van der Waals surface area contributed by atoms with Gasteiger partial charge in [-0.25, -0.2) is 0 Å². The second-order valence-electron chi connectivity index (χ2n) is 4.52. The van der Waals surface area contributed by atoms with Crippen molar-refractivity contribution in [3.05, 3.63) is 28.2 Å². The van der Waals surface area contributed by atoms with Crippen LogP contribution >= 0.6 is 15.9 Å². The SMILES string of the molecule is COCC(C)C1C[C@H](O)c2cc(Br)ccc2O1. The van der Waals surface area contributed by atoms with E-state index in [1.54, 1.807) is 7.11 Å². The zero-order chi connectivity index (χ0) is 12.4. The van der Waals surface area contributed by atoms with E-state index in [0.29, 0.717) is 13.0 Å². The highest BCUT2D eigenvalue weighted by molar-refractivity contribution is 9.10. The Morgan fingerprint density at radius 3 is 3.06 bits per heavy atom. The number of hydrogen-bond acceptors (Lipinski definition) is 3. The molecule has 4 heteroatoms. The number of methoxy groups -OCH3 is 1. The molecule has 3 atom stereocenters. The number of aliphatic hydroxyl groups excluding tert-OH is 1. The first-order chi connectivity index (χ1) is 8.11. The highest BCUT2D eigenvalue weighted by Crippen LogP contribution is 2.38. The quantitative estimate of drug-likeness (QED) is 0.933. The van der Waals surface area contributed by atoms with Crippen LogP contribution < -0.4 is 4.74 Å². The van der Waals surface area contributed by atoms with E-state index in [2.05, 4.69) is 22.9 Å². The fourth-order valence-corrected chi connectivity index (χ4v) is 2.54. The van der Waals surface area contributed by atoms with Crippen LogP contribution in [0.5, 0.6) is 5.75 Å². The summed E-state index contributed by atoms with van der Waals surface area (Å²) < 4.78 is 12.0. The van der Waals surface area contributed by atoms with Gasteiger partial charge in [0.05, 0.1) is 12.7 Å². The third-order valence-electron chi connectivity index (χ3n) is 3.13. The average Bonchev–Trinajstić information content (AvgIpc) is 2.30. The smallest absolute Gasteiger partial charge is 0.125 e. The van der Waals surface area contributed by atoms with E-state index in [-0.39, 0.29) is 12.0 Å². The molecule has 1 N–H and O–H groups in total. The molecule has 1 heterocycles. The Hall–Kier alpha value is -0.580. The fourth-order valence-electron chi connectivity index (χ4n) is 2.16. The van der Waals surface area contributed by atoms with E-state index in [4.69, 9.17) is 9.47 Å². The third-order valence-corrected chi connectivity index (χ3v) is 3.62. The Bertz CT molecular complexity index is 394. The van der Waals surface area contributed by atoms with Crippen molar-refractivity contribution in [1.82, 2.24) is 0 Å². The molecule has 2 rings (SSSR count). The van der Waals surface area contributed by atoms with Crippen molar-refractivity contribution in [2.75, 3.05) is 13.7 Å². The molecule has 2 unspecified atom stereocenters. The van der Waals surface area contributed by atoms with Crippen LogP contribution in [0.4, 0.5) is 0 Å². The number of ether oxygens (including phenoxy) is 2. The first kappa shape index (κ1) is 12.9. The number of halogens is 1. The van der Waals surface area contributed by atoms with Crippen molar-refractivity contribution in [3.8, 4) is 5.75 Å². The lowest BCUT2D eigenvalue weighted by Gasteiger charge is -2.33. The predicted octanol–water partition coefficient (Wildman–Crippen LogP) is 2.92. The van der Waals surface area contributed by atoms with Gasteiger partial charge in [0.15, 0.2) is 0 Å². The summed E-state index contributed by atoms with van der Waals surface area (Å²) >= 11 is 3.40. The summed E-state index contributed by atoms with van der Waals surface area (Å²) in [4.78, 5) is 0. The standard InChI is InChI=1S/C13H17BrO3/c1-8(7-16-2)13-6-11(15)10-5-9(14)3-4-12(10)17-13/h3-5,8,11,13,15H,6-7H2,1-2H3/t8?,11-,13?/m0/s1. The topological polar surface area (TPSA) is 38.7 Å². The van der Waals surface area contributed by atoms with Gasteiger partial charge in [0.1, 0.15) is 11.9 Å². The summed E-state index contributed by atoms with van der Waals surface area (Å²) in [6, 6.07) is 5.74. The highest BCUT2D eigenvalue weighted by Gasteiger charge is 2.30. The Balaban J connectivity index is 2.18. The second kappa shape index (κ2) is 5.38. The van der Waals surface area contributed by atoms with E-state index in [1.807, 2.05) is 18.2 Å². The average molecular weight is 301 g/mol. The molecular weight excluding hydrogens is 284 g/mol. The Kier molecular flexibility index (Phi) is 4.07. The molecule has 17 heavy (non-hydrogen) atoms. The lowest BCUT2D eigenvalue weighted by atomic mass is 9.93. The zero-order valence-corrected chi connectivity index (χ0v) is 11.6. The molecule has 0 fully saturated rings. The molecule has 0 amide bonds. The monoisotopic (exact) mass is 300 g/mol. The highest BCUT2D eigenvalue weighted by atomic mass is 79.9. The fraction of sp³-hybridized carbons (Fsp3) is 0.538. The minimum atomic E-state index is -0.458. The summed E-state index contributed by atoms with van der Waals surface area (Å²) in [5, 5.41) is 10.1. The molecule has 0 saturated carbocycles. The van der Waals surface area contributed by atoms with Gasteiger partial charge in [0.2, 0.25) is 0 Å². The molecule has 94 valence electrons. The Morgan fingerprint density at radius 2 is 2.35 bits per heavy atom. The van der Waals surface area contributed by atoms with E-state index < -0.39 is 6.10 Å². The number of fused-ring (bicyclic) bond motifs is 1. The van der Waals surface area contributed by atoms with Crippen LogP contribution in [0.2, 0.25) is 0 Å². The van der Waals surface area contributed by atoms with E-state index in [1.165, 1.54) is 0 Å². The van der Waals surface area contributed by atoms with Gasteiger partial charge in [-0.05, 0) is 18.2 Å². The van der Waals surface area contributed by atoms with E-state index >= 15 is 0 Å². The van der Waals surface area contributed by atoms with Crippen LogP contribution in [0, 0.1) is 5.92 Å². The van der Waals surface area contributed by atoms with E-state index in [9.17, 15) is 5.11 Å². The van der Waals surface area contributed by atoms with Crippen LogP contribution in [0.1, 0.15) is 25.0 Å². The molecule has 1 aromatic carbocycles. The van der Waals surface area contributed by atoms with Crippen molar-refractivity contribution in [2.24, 2.45) is 5.92 Å². The van der Waals surface area contributed by atoms with E-state index in [0.717, 1.165) is 15.8 Å². The molecule has 0 bridgehead atoms. The number of hydrogen-bond donors (Lipinski definition) is 1. The summed E-state index contributed by atoms with van der Waals surface area (Å²) in [6.45, 7) is 2.72. The molecule has 0 aromatic heterocycles. The minimum Gasteiger partial charge on any atom is -0.490 e. The van der Waals surface area contributed by atoms with Gasteiger partial charge >= 0.3 is 0 Å². The van der Waals surface area contributed by atoms with Crippen LogP contribution in [-0.2, 0) is 4.74 Å². The van der Waals surface area contributed by atoms with Crippen molar-refractivity contribution < 1.29 is 14.6 Å². The van der Waals surface area contributed by atoms with Gasteiger partial charge in [-0.2, -0.15) is 0 Å². The van der Waals surface area contributed by atoms with Crippen LogP contribution in [-0.4, -0.2) is 24.9 Å². The normalized spacial score (nSPS) is 24.9. The second-order valence-corrected chi connectivity index (χ2v) is 5.44. The predicted molar refractivity (Wildman–Crippen MR) is 69.2 cm³/mol. The maximum atomic E-state index is 10.1. The van der Waals surface area contributed by atoms with Gasteiger partial charge in [-0.15, -0.1) is 0 Å². The molecule has 1 aliphatic heterocycles. The molecular formula is C13H17BrO3. The van der Waals surface area contributed by atoms with Gasteiger partial charge in [-0.1, -0.05) is 22.9 Å². The molecule has 1 aromatic rings. The van der Waals surface area contributed by atoms with Gasteiger partial charge in [0, 0.05) is 29.5 Å². The summed E-state index contributed by atoms with van der Waals surface area (Å²) in [5.74, 6) is 1.05. The van der Waals surface area contributed by atoms with Gasteiger partial charge < -0.3 is 14.6 Å². The van der Waals surface area contributed by atoms with Crippen molar-refractivity contribution >= 4 is 15.9 Å². The van der Waals surface area contributed by atoms with Crippen LogP contribution in [0.3, 0.4) is 0 Å². The minimum absolute atomic E-state index is 0.0126. The largest absolute Gasteiger partial charge is 0.490 e. The van der Waals surface area contributed by atoms with Crippen molar-refractivity contribution in [3.63, 3.8) is 0 Å². The number of rotatable bonds is 3. The first-order valence-electron chi connectivity index (χ1n) is 5.75. The summed E-state index contributed by atoms with van der Waals surface area (Å²) in [6.07, 6.45) is 0.174. The molecule has 0 spiro atoms. The summed E-state index contributed by atoms with van der Waals surface area (Å²) in [5.41, 5.74) is 0.861. The third kappa shape index (κ3) is 2.81. The van der Waals surface area contributed by atoms with Crippen molar-refractivity contribution in [2.45, 2.75) is 25.6 Å². The lowest BCUT2D eigenvalue weighted by molar-refractivity contribution is 0.0136. The van der Waals surface area contributed by atoms with Gasteiger partial charge in [-0.3, -0.25) is 0 Å². The van der Waals surface area contributed by atoms with Crippen LogP contribution in [0.25, 0.3) is 0 Å². The molecule has 0 saturated heterocycles. The maximum absolute atomic E-state index is 10.1. The van der Waals surface area contributed by atoms with Gasteiger partial charge in [0.25, 0.3) is 0 Å².